The fourth-order valence-corrected chi connectivity index (χ4v) is 7.76. The summed E-state index contributed by atoms with van der Waals surface area (Å²) in [5.41, 5.74) is 14.4. The minimum absolute atomic E-state index is 0.0707. The average molecular weight is 902 g/mol. The van der Waals surface area contributed by atoms with E-state index in [9.17, 15) is 15.1 Å². The molecule has 0 unspecified atom stereocenters. The van der Waals surface area contributed by atoms with Crippen LogP contribution in [-0.4, -0.2) is 86.5 Å². The van der Waals surface area contributed by atoms with E-state index in [1.165, 1.54) is 13.8 Å². The number of carbonyl (C=O) groups excluding carboxylic acids is 2. The van der Waals surface area contributed by atoms with Gasteiger partial charge in [0.2, 0.25) is 0 Å². The summed E-state index contributed by atoms with van der Waals surface area (Å²) in [4.78, 5) is 28.1. The molecular weight excluding hydrogens is 847 g/mol. The van der Waals surface area contributed by atoms with Crippen molar-refractivity contribution in [3.05, 3.63) is 190 Å². The lowest BCUT2D eigenvalue weighted by Gasteiger charge is -2.49. The van der Waals surface area contributed by atoms with Crippen molar-refractivity contribution in [3.8, 4) is 0 Å². The van der Waals surface area contributed by atoms with Crippen molar-refractivity contribution in [1.29, 1.82) is 0 Å². The molecule has 0 bridgehead atoms. The second kappa shape index (κ2) is 25.1. The standard InChI is InChI=1S/C51H55N3O12/c1-35(55)57-33-42-45(59-28-37-18-8-3-9-19-37)48(61-30-39-22-12-5-13-23-39)49(62-31-40-24-14-6-15-25-40)51(65-42)66-46-43(34-58-36(2)56)64-50(63-32-41-26-16-7-17-27-41)44(53-54-52)47(46)60-29-38-20-10-4-11-21-38/h3-27,42-51H,28-34H2,1-2H3/t42-,43-,44-,45-,46-,47-,48+,49+,50-,51+/m1/s1. The van der Waals surface area contributed by atoms with Gasteiger partial charge in [0.05, 0.1) is 33.0 Å². The maximum absolute atomic E-state index is 12.4. The number of azide groups is 1. The fourth-order valence-electron chi connectivity index (χ4n) is 7.76. The Bertz CT molecular complexity index is 2260. The molecular formula is C51H55N3O12. The predicted molar refractivity (Wildman–Crippen MR) is 240 cm³/mol. The zero-order valence-electron chi connectivity index (χ0n) is 36.9. The largest absolute Gasteiger partial charge is 0.463 e. The van der Waals surface area contributed by atoms with Crippen molar-refractivity contribution in [3.63, 3.8) is 0 Å². The Morgan fingerprint density at radius 1 is 0.470 bits per heavy atom. The van der Waals surface area contributed by atoms with Gasteiger partial charge in [0, 0.05) is 18.8 Å². The number of esters is 2. The zero-order chi connectivity index (χ0) is 45.9. The molecule has 10 atom stereocenters. The van der Waals surface area contributed by atoms with E-state index in [2.05, 4.69) is 10.0 Å². The highest BCUT2D eigenvalue weighted by molar-refractivity contribution is 5.66. The molecule has 0 spiro atoms. The molecule has 2 fully saturated rings. The minimum Gasteiger partial charge on any atom is -0.463 e. The summed E-state index contributed by atoms with van der Waals surface area (Å²) >= 11 is 0. The first-order chi connectivity index (χ1) is 32.3. The molecule has 2 aliphatic heterocycles. The molecule has 0 N–H and O–H groups in total. The molecule has 0 saturated carbocycles. The molecule has 0 aromatic heterocycles. The monoisotopic (exact) mass is 901 g/mol. The van der Waals surface area contributed by atoms with Crippen molar-refractivity contribution in [2.45, 2.75) is 108 Å². The number of ether oxygens (including phenoxy) is 10. The molecule has 346 valence electrons. The molecule has 0 radical (unpaired) electrons. The Morgan fingerprint density at radius 2 is 0.818 bits per heavy atom. The van der Waals surface area contributed by atoms with Crippen LogP contribution in [0.5, 0.6) is 0 Å². The fraction of sp³-hybridized carbons (Fsp3) is 0.373. The Balaban J connectivity index is 1.29. The highest BCUT2D eigenvalue weighted by atomic mass is 16.8. The van der Waals surface area contributed by atoms with E-state index in [0.717, 1.165) is 27.8 Å². The van der Waals surface area contributed by atoms with Gasteiger partial charge in [-0.2, -0.15) is 0 Å². The summed E-state index contributed by atoms with van der Waals surface area (Å²) in [7, 11) is 0. The van der Waals surface area contributed by atoms with E-state index in [4.69, 9.17) is 47.4 Å². The van der Waals surface area contributed by atoms with Gasteiger partial charge in [-0.25, -0.2) is 0 Å². The number of hydrogen-bond acceptors (Lipinski definition) is 13. The first kappa shape index (κ1) is 48.0. The van der Waals surface area contributed by atoms with E-state index in [1.807, 2.05) is 152 Å². The van der Waals surface area contributed by atoms with E-state index >= 15 is 0 Å². The topological polar surface area (TPSA) is 175 Å². The van der Waals surface area contributed by atoms with Crippen molar-refractivity contribution in [2.75, 3.05) is 13.2 Å². The first-order valence-corrected chi connectivity index (χ1v) is 21.9. The molecule has 66 heavy (non-hydrogen) atoms. The second-order valence-corrected chi connectivity index (χ2v) is 15.8. The SMILES string of the molecule is CC(=O)OC[C@H]1O[C@@H](O[C@H]2[C@H](OCc3ccccc3)[C@@H](N=[N+]=[N-])[C@H](OCc3ccccc3)O[C@@H]2COC(C)=O)[C@@H](OCc2ccccc2)[C@@H](OCc2ccccc2)[C@@H]1OCc1ccccc1. The lowest BCUT2D eigenvalue weighted by atomic mass is 9.95. The maximum Gasteiger partial charge on any atom is 0.302 e. The van der Waals surface area contributed by atoms with Crippen LogP contribution in [-0.2, 0) is 90.0 Å². The van der Waals surface area contributed by atoms with Gasteiger partial charge < -0.3 is 47.4 Å². The Morgan fingerprint density at radius 3 is 1.23 bits per heavy atom. The van der Waals surface area contributed by atoms with Crippen LogP contribution in [0.4, 0.5) is 0 Å². The van der Waals surface area contributed by atoms with Crippen LogP contribution in [0.3, 0.4) is 0 Å². The zero-order valence-corrected chi connectivity index (χ0v) is 36.9. The van der Waals surface area contributed by atoms with Gasteiger partial charge in [0.25, 0.3) is 0 Å². The van der Waals surface area contributed by atoms with Crippen molar-refractivity contribution >= 4 is 11.9 Å². The first-order valence-electron chi connectivity index (χ1n) is 21.9. The predicted octanol–water partition coefficient (Wildman–Crippen LogP) is 8.18. The smallest absolute Gasteiger partial charge is 0.302 e. The second-order valence-electron chi connectivity index (χ2n) is 15.8. The van der Waals surface area contributed by atoms with Gasteiger partial charge in [-0.1, -0.05) is 157 Å². The molecule has 5 aromatic rings. The summed E-state index contributed by atoms with van der Waals surface area (Å²) in [5, 5.41) is 4.19. The summed E-state index contributed by atoms with van der Waals surface area (Å²) in [5.74, 6) is -1.09. The Labute approximate surface area is 384 Å². The quantitative estimate of drug-likeness (QED) is 0.0282. The van der Waals surface area contributed by atoms with Gasteiger partial charge in [-0.3, -0.25) is 9.59 Å². The normalized spacial score (nSPS) is 25.0. The lowest BCUT2D eigenvalue weighted by Crippen LogP contribution is -2.66. The molecule has 0 aliphatic carbocycles. The van der Waals surface area contributed by atoms with Crippen molar-refractivity contribution < 1.29 is 57.0 Å². The molecule has 0 amide bonds. The third-order valence-corrected chi connectivity index (χ3v) is 11.0. The third kappa shape index (κ3) is 14.0. The van der Waals surface area contributed by atoms with Gasteiger partial charge in [-0.05, 0) is 33.3 Å². The van der Waals surface area contributed by atoms with Crippen LogP contribution in [0, 0.1) is 0 Å². The van der Waals surface area contributed by atoms with Crippen LogP contribution >= 0.6 is 0 Å². The molecule has 2 aliphatic rings. The lowest BCUT2D eigenvalue weighted by molar-refractivity contribution is -0.363. The van der Waals surface area contributed by atoms with Crippen LogP contribution in [0.25, 0.3) is 10.4 Å². The van der Waals surface area contributed by atoms with Gasteiger partial charge in [0.15, 0.2) is 12.6 Å². The number of rotatable bonds is 22. The van der Waals surface area contributed by atoms with E-state index < -0.39 is 73.3 Å². The summed E-state index contributed by atoms with van der Waals surface area (Å²) < 4.78 is 65.2. The maximum atomic E-state index is 12.4. The summed E-state index contributed by atoms with van der Waals surface area (Å²) in [6.07, 6.45) is -9.58. The highest BCUT2D eigenvalue weighted by Crippen LogP contribution is 2.37. The van der Waals surface area contributed by atoms with Crippen LogP contribution < -0.4 is 0 Å². The number of benzene rings is 5. The van der Waals surface area contributed by atoms with Crippen LogP contribution in [0.15, 0.2) is 157 Å². The average Bonchev–Trinajstić information content (AvgIpc) is 3.35. The van der Waals surface area contributed by atoms with Crippen molar-refractivity contribution in [1.82, 2.24) is 0 Å². The number of carbonyl (C=O) groups is 2. The van der Waals surface area contributed by atoms with Gasteiger partial charge in [-0.15, -0.1) is 0 Å². The highest BCUT2D eigenvalue weighted by Gasteiger charge is 2.54. The molecule has 15 heteroatoms. The van der Waals surface area contributed by atoms with Crippen LogP contribution in [0.1, 0.15) is 41.7 Å². The van der Waals surface area contributed by atoms with E-state index in [0.29, 0.717) is 0 Å². The number of hydrogen-bond donors (Lipinski definition) is 0. The third-order valence-electron chi connectivity index (χ3n) is 11.0. The summed E-state index contributed by atoms with van der Waals surface area (Å²) in [6.45, 7) is 2.68. The Hall–Kier alpha value is -5.97. The van der Waals surface area contributed by atoms with Gasteiger partial charge >= 0.3 is 11.9 Å². The molecule has 2 saturated heterocycles. The van der Waals surface area contributed by atoms with E-state index in [-0.39, 0.29) is 46.2 Å². The van der Waals surface area contributed by atoms with Crippen molar-refractivity contribution in [2.24, 2.45) is 5.11 Å². The number of nitrogens with zero attached hydrogens (tertiary/aromatic N) is 3. The molecule has 7 rings (SSSR count). The minimum atomic E-state index is -1.31. The molecule has 15 nitrogen and oxygen atoms in total. The summed E-state index contributed by atoms with van der Waals surface area (Å²) in [6, 6.07) is 46.7. The molecule has 2 heterocycles. The van der Waals surface area contributed by atoms with Gasteiger partial charge in [0.1, 0.15) is 62.0 Å². The Kier molecular flexibility index (Phi) is 18.2. The molecule has 5 aromatic carbocycles. The van der Waals surface area contributed by atoms with E-state index in [1.54, 1.807) is 0 Å². The van der Waals surface area contributed by atoms with Crippen LogP contribution in [0.2, 0.25) is 0 Å².